The average molecular weight is 193 g/mol. The molecule has 0 saturated heterocycles. The lowest BCUT2D eigenvalue weighted by Gasteiger charge is -2.10. The van der Waals surface area contributed by atoms with Crippen molar-refractivity contribution >= 4 is 16.1 Å². The van der Waals surface area contributed by atoms with Crippen LogP contribution in [0.1, 0.15) is 32.1 Å². The highest BCUT2D eigenvalue weighted by molar-refractivity contribution is 7.80. The Morgan fingerprint density at radius 3 is 2.33 bits per heavy atom. The predicted molar refractivity (Wildman–Crippen MR) is 43.2 cm³/mol. The van der Waals surface area contributed by atoms with Crippen LogP contribution in [0.5, 0.6) is 0 Å². The van der Waals surface area contributed by atoms with Gasteiger partial charge in [0.2, 0.25) is 0 Å². The lowest BCUT2D eigenvalue weighted by atomic mass is 9.99. The molecule has 12 heavy (non-hydrogen) atoms. The summed E-state index contributed by atoms with van der Waals surface area (Å²) in [5.74, 6) is 0. The second-order valence-corrected chi connectivity index (χ2v) is 3.72. The first-order valence-corrected chi connectivity index (χ1v) is 5.16. The Bertz CT molecular complexity index is 261. The zero-order valence-corrected chi connectivity index (χ0v) is 7.38. The third kappa shape index (κ3) is 3.68. The normalized spacial score (nSPS) is 18.9. The van der Waals surface area contributed by atoms with E-state index in [2.05, 4.69) is 9.44 Å². The third-order valence-corrected chi connectivity index (χ3v) is 1.95. The highest BCUT2D eigenvalue weighted by Gasteiger charge is 2.09. The van der Waals surface area contributed by atoms with Crippen molar-refractivity contribution in [3.63, 3.8) is 0 Å². The molecule has 1 N–H and O–H groups in total. The van der Waals surface area contributed by atoms with Gasteiger partial charge in [-0.3, -0.25) is 4.55 Å². The van der Waals surface area contributed by atoms with Crippen LogP contribution in [0.4, 0.5) is 0 Å². The molecule has 1 saturated carbocycles. The predicted octanol–water partition coefficient (Wildman–Crippen LogP) is 1.13. The van der Waals surface area contributed by atoms with Crippen molar-refractivity contribution in [2.24, 2.45) is 5.16 Å². The van der Waals surface area contributed by atoms with Gasteiger partial charge in [-0.1, -0.05) is 11.6 Å². The van der Waals surface area contributed by atoms with E-state index in [4.69, 9.17) is 4.55 Å². The summed E-state index contributed by atoms with van der Waals surface area (Å²) in [7, 11) is -4.41. The second-order valence-electron chi connectivity index (χ2n) is 2.72. The molecule has 0 unspecified atom stereocenters. The molecule has 70 valence electrons. The monoisotopic (exact) mass is 193 g/mol. The van der Waals surface area contributed by atoms with Crippen LogP contribution in [0.3, 0.4) is 0 Å². The van der Waals surface area contributed by atoms with Gasteiger partial charge in [0.15, 0.2) is 0 Å². The third-order valence-electron chi connectivity index (χ3n) is 1.69. The molecular formula is C6H11NO4S. The maximum Gasteiger partial charge on any atom is 0.466 e. The van der Waals surface area contributed by atoms with Crippen molar-refractivity contribution in [3.05, 3.63) is 0 Å². The molecule has 0 radical (unpaired) electrons. The SMILES string of the molecule is O=S(=O)(O)ON=C1CCCCC1. The molecule has 0 aliphatic heterocycles. The number of nitrogens with zero attached hydrogens (tertiary/aromatic N) is 1. The number of rotatable bonds is 2. The molecule has 1 aliphatic carbocycles. The van der Waals surface area contributed by atoms with Gasteiger partial charge in [-0.2, -0.15) is 8.42 Å². The van der Waals surface area contributed by atoms with Crippen LogP contribution in [0.25, 0.3) is 0 Å². The molecule has 0 aromatic carbocycles. The maximum atomic E-state index is 10.1. The van der Waals surface area contributed by atoms with Crippen LogP contribution in [-0.2, 0) is 14.7 Å². The summed E-state index contributed by atoms with van der Waals surface area (Å²) in [4.78, 5) is 0. The van der Waals surface area contributed by atoms with Crippen LogP contribution in [0.15, 0.2) is 5.16 Å². The van der Waals surface area contributed by atoms with Crippen LogP contribution in [0, 0.1) is 0 Å². The highest BCUT2D eigenvalue weighted by atomic mass is 32.3. The zero-order chi connectivity index (χ0) is 9.03. The zero-order valence-electron chi connectivity index (χ0n) is 6.56. The van der Waals surface area contributed by atoms with Crippen molar-refractivity contribution in [2.45, 2.75) is 32.1 Å². The Labute approximate surface area is 71.4 Å². The average Bonchev–Trinajstić information content (AvgIpc) is 2.02. The molecule has 1 aliphatic rings. The molecule has 6 heteroatoms. The summed E-state index contributed by atoms with van der Waals surface area (Å²) < 4.78 is 32.3. The standard InChI is InChI=1S/C6H11NO4S/c8-12(9,10)11-7-6-4-2-1-3-5-6/h1-5H2,(H,8,9,10). The molecule has 1 rings (SSSR count). The van der Waals surface area contributed by atoms with E-state index >= 15 is 0 Å². The van der Waals surface area contributed by atoms with Crippen molar-refractivity contribution < 1.29 is 17.3 Å². The quantitative estimate of drug-likeness (QED) is 0.526. The first-order chi connectivity index (χ1) is 5.58. The molecule has 1 fully saturated rings. The fourth-order valence-electron chi connectivity index (χ4n) is 1.15. The summed E-state index contributed by atoms with van der Waals surface area (Å²) in [5.41, 5.74) is 0.707. The van der Waals surface area contributed by atoms with E-state index in [9.17, 15) is 8.42 Å². The summed E-state index contributed by atoms with van der Waals surface area (Å²) in [6, 6.07) is 0. The topological polar surface area (TPSA) is 76.0 Å². The minimum absolute atomic E-state index is 0.707. The smallest absolute Gasteiger partial charge is 0.253 e. The molecule has 0 bridgehead atoms. The molecule has 0 amide bonds. The molecule has 0 atom stereocenters. The molecular weight excluding hydrogens is 182 g/mol. The van der Waals surface area contributed by atoms with E-state index in [0.29, 0.717) is 5.71 Å². The van der Waals surface area contributed by atoms with Crippen molar-refractivity contribution in [2.75, 3.05) is 0 Å². The lowest BCUT2D eigenvalue weighted by molar-refractivity contribution is 0.280. The minimum Gasteiger partial charge on any atom is -0.253 e. The van der Waals surface area contributed by atoms with Crippen LogP contribution in [0.2, 0.25) is 0 Å². The molecule has 0 aromatic rings. The summed E-state index contributed by atoms with van der Waals surface area (Å²) >= 11 is 0. The summed E-state index contributed by atoms with van der Waals surface area (Å²) in [6.07, 6.45) is 4.68. The first kappa shape index (κ1) is 9.47. The summed E-state index contributed by atoms with van der Waals surface area (Å²) in [6.45, 7) is 0. The molecule has 0 aromatic heterocycles. The highest BCUT2D eigenvalue weighted by Crippen LogP contribution is 2.14. The van der Waals surface area contributed by atoms with Gasteiger partial charge in [0.25, 0.3) is 0 Å². The van der Waals surface area contributed by atoms with Gasteiger partial charge in [0.05, 0.1) is 5.71 Å². The van der Waals surface area contributed by atoms with Gasteiger partial charge in [0.1, 0.15) is 0 Å². The van der Waals surface area contributed by atoms with Crippen LogP contribution < -0.4 is 0 Å². The fraction of sp³-hybridized carbons (Fsp3) is 0.833. The Morgan fingerprint density at radius 2 is 1.83 bits per heavy atom. The van der Waals surface area contributed by atoms with Gasteiger partial charge in [-0.05, 0) is 25.7 Å². The Balaban J connectivity index is 2.45. The van der Waals surface area contributed by atoms with E-state index in [0.717, 1.165) is 32.1 Å². The van der Waals surface area contributed by atoms with Crippen molar-refractivity contribution in [1.82, 2.24) is 0 Å². The van der Waals surface area contributed by atoms with E-state index in [-0.39, 0.29) is 0 Å². The Hall–Kier alpha value is -0.620. The van der Waals surface area contributed by atoms with Gasteiger partial charge in [-0.15, -0.1) is 0 Å². The van der Waals surface area contributed by atoms with E-state index < -0.39 is 10.4 Å². The van der Waals surface area contributed by atoms with Gasteiger partial charge in [-0.25, -0.2) is 4.28 Å². The maximum absolute atomic E-state index is 10.1. The molecule has 0 heterocycles. The van der Waals surface area contributed by atoms with Crippen molar-refractivity contribution in [1.29, 1.82) is 0 Å². The Kier molecular flexibility index (Phi) is 3.05. The van der Waals surface area contributed by atoms with E-state index in [1.54, 1.807) is 0 Å². The first-order valence-electron chi connectivity index (χ1n) is 3.80. The van der Waals surface area contributed by atoms with E-state index in [1.165, 1.54) is 0 Å². The van der Waals surface area contributed by atoms with Crippen molar-refractivity contribution in [3.8, 4) is 0 Å². The number of hydrogen-bond donors (Lipinski definition) is 1. The fourth-order valence-corrected chi connectivity index (χ4v) is 1.35. The lowest BCUT2D eigenvalue weighted by Crippen LogP contribution is -2.07. The second kappa shape index (κ2) is 3.86. The molecule has 5 nitrogen and oxygen atoms in total. The number of hydrogen-bond acceptors (Lipinski definition) is 4. The largest absolute Gasteiger partial charge is 0.466 e. The van der Waals surface area contributed by atoms with Gasteiger partial charge in [0, 0.05) is 0 Å². The molecule has 0 spiro atoms. The number of oxime groups is 1. The van der Waals surface area contributed by atoms with Crippen LogP contribution >= 0.6 is 0 Å². The Morgan fingerprint density at radius 1 is 1.25 bits per heavy atom. The summed E-state index contributed by atoms with van der Waals surface area (Å²) in [5, 5.41) is 3.33. The van der Waals surface area contributed by atoms with Crippen LogP contribution in [-0.4, -0.2) is 18.7 Å². The minimum atomic E-state index is -4.41. The van der Waals surface area contributed by atoms with Gasteiger partial charge < -0.3 is 0 Å². The van der Waals surface area contributed by atoms with E-state index in [1.807, 2.05) is 0 Å². The van der Waals surface area contributed by atoms with Gasteiger partial charge >= 0.3 is 10.4 Å².